The van der Waals surface area contributed by atoms with Crippen LogP contribution in [0.3, 0.4) is 0 Å². The summed E-state index contributed by atoms with van der Waals surface area (Å²) >= 11 is 0. The molecule has 0 bridgehead atoms. The molecule has 1 aliphatic carbocycles. The van der Waals surface area contributed by atoms with Gasteiger partial charge in [-0.1, -0.05) is 64.7 Å². The Morgan fingerprint density at radius 2 is 1.39 bits per heavy atom. The SMILES string of the molecule is CCCCCCCCC/C(C(=O)O)=C(/C(=O)O)C1CCCCC1. The second kappa shape index (κ2) is 11.3. The molecular formula is C19H32O4. The molecule has 0 atom stereocenters. The summed E-state index contributed by atoms with van der Waals surface area (Å²) in [6.07, 6.45) is 12.9. The van der Waals surface area contributed by atoms with E-state index in [1.165, 1.54) is 25.7 Å². The molecule has 4 heteroatoms. The van der Waals surface area contributed by atoms with Crippen molar-refractivity contribution in [1.29, 1.82) is 0 Å². The van der Waals surface area contributed by atoms with Gasteiger partial charge in [0.15, 0.2) is 0 Å². The number of carbonyl (C=O) groups is 2. The lowest BCUT2D eigenvalue weighted by Crippen LogP contribution is -2.21. The quantitative estimate of drug-likeness (QED) is 0.406. The molecule has 0 aromatic heterocycles. The number of rotatable bonds is 11. The molecule has 23 heavy (non-hydrogen) atoms. The standard InChI is InChI=1S/C19H32O4/c1-2-3-4-5-6-7-11-14-16(18(20)21)17(19(22)23)15-12-9-8-10-13-15/h15H,2-14H2,1H3,(H,20,21)(H,22,23)/b17-16-. The van der Waals surface area contributed by atoms with Crippen molar-refractivity contribution in [1.82, 2.24) is 0 Å². The second-order valence-corrected chi connectivity index (χ2v) is 6.71. The van der Waals surface area contributed by atoms with E-state index in [1.54, 1.807) is 0 Å². The molecule has 0 amide bonds. The third-order valence-corrected chi connectivity index (χ3v) is 4.86. The van der Waals surface area contributed by atoms with Crippen molar-refractivity contribution in [2.45, 2.75) is 90.4 Å². The van der Waals surface area contributed by atoms with Gasteiger partial charge < -0.3 is 10.2 Å². The van der Waals surface area contributed by atoms with Crippen LogP contribution in [0.5, 0.6) is 0 Å². The normalized spacial score (nSPS) is 16.9. The molecule has 1 rings (SSSR count). The van der Waals surface area contributed by atoms with Gasteiger partial charge in [-0.25, -0.2) is 9.59 Å². The number of carboxylic acids is 2. The summed E-state index contributed by atoms with van der Waals surface area (Å²) in [7, 11) is 0. The topological polar surface area (TPSA) is 74.6 Å². The van der Waals surface area contributed by atoms with Gasteiger partial charge in [0, 0.05) is 5.57 Å². The molecule has 1 aliphatic rings. The molecule has 0 unspecified atom stereocenters. The van der Waals surface area contributed by atoms with Crippen molar-refractivity contribution in [3.63, 3.8) is 0 Å². The summed E-state index contributed by atoms with van der Waals surface area (Å²) in [4.78, 5) is 23.2. The van der Waals surface area contributed by atoms with Crippen molar-refractivity contribution in [3.05, 3.63) is 11.1 Å². The van der Waals surface area contributed by atoms with Gasteiger partial charge in [-0.05, 0) is 31.6 Å². The predicted molar refractivity (Wildman–Crippen MR) is 91.5 cm³/mol. The van der Waals surface area contributed by atoms with E-state index in [2.05, 4.69) is 6.92 Å². The summed E-state index contributed by atoms with van der Waals surface area (Å²) in [6, 6.07) is 0. The van der Waals surface area contributed by atoms with Gasteiger partial charge in [0.05, 0.1) is 5.57 Å². The van der Waals surface area contributed by atoms with E-state index in [9.17, 15) is 19.8 Å². The lowest BCUT2D eigenvalue weighted by Gasteiger charge is -2.24. The maximum atomic E-state index is 11.6. The summed E-state index contributed by atoms with van der Waals surface area (Å²) in [5, 5.41) is 19.0. The monoisotopic (exact) mass is 324 g/mol. The Bertz CT molecular complexity index is 406. The van der Waals surface area contributed by atoms with Crippen LogP contribution in [0.1, 0.15) is 90.4 Å². The largest absolute Gasteiger partial charge is 0.478 e. The fraction of sp³-hybridized carbons (Fsp3) is 0.789. The highest BCUT2D eigenvalue weighted by Crippen LogP contribution is 2.33. The number of aliphatic carboxylic acids is 2. The van der Waals surface area contributed by atoms with Crippen molar-refractivity contribution in [2.24, 2.45) is 5.92 Å². The lowest BCUT2D eigenvalue weighted by atomic mass is 9.81. The smallest absolute Gasteiger partial charge is 0.332 e. The van der Waals surface area contributed by atoms with E-state index in [4.69, 9.17) is 0 Å². The van der Waals surface area contributed by atoms with E-state index in [0.717, 1.165) is 51.4 Å². The minimum Gasteiger partial charge on any atom is -0.478 e. The maximum absolute atomic E-state index is 11.6. The highest BCUT2D eigenvalue weighted by molar-refractivity contribution is 5.99. The van der Waals surface area contributed by atoms with Crippen LogP contribution in [0.4, 0.5) is 0 Å². The highest BCUT2D eigenvalue weighted by atomic mass is 16.4. The van der Waals surface area contributed by atoms with Crippen molar-refractivity contribution >= 4 is 11.9 Å². The number of carboxylic acid groups (broad SMARTS) is 2. The van der Waals surface area contributed by atoms with E-state index in [0.29, 0.717) is 6.42 Å². The number of hydrogen-bond acceptors (Lipinski definition) is 2. The van der Waals surface area contributed by atoms with Gasteiger partial charge in [0.2, 0.25) is 0 Å². The summed E-state index contributed by atoms with van der Waals surface area (Å²) in [5.74, 6) is -2.15. The van der Waals surface area contributed by atoms with Crippen LogP contribution in [0.2, 0.25) is 0 Å². The number of hydrogen-bond donors (Lipinski definition) is 2. The van der Waals surface area contributed by atoms with Gasteiger partial charge in [-0.3, -0.25) is 0 Å². The molecule has 0 saturated heterocycles. The molecular weight excluding hydrogens is 292 g/mol. The average Bonchev–Trinajstić information content (AvgIpc) is 2.53. The Morgan fingerprint density at radius 3 is 1.91 bits per heavy atom. The van der Waals surface area contributed by atoms with Crippen LogP contribution < -0.4 is 0 Å². The Kier molecular flexibility index (Phi) is 9.65. The van der Waals surface area contributed by atoms with Crippen molar-refractivity contribution in [3.8, 4) is 0 Å². The van der Waals surface area contributed by atoms with Gasteiger partial charge in [-0.15, -0.1) is 0 Å². The summed E-state index contributed by atoms with van der Waals surface area (Å²) < 4.78 is 0. The molecule has 2 N–H and O–H groups in total. The highest BCUT2D eigenvalue weighted by Gasteiger charge is 2.28. The van der Waals surface area contributed by atoms with E-state index in [-0.39, 0.29) is 17.1 Å². The van der Waals surface area contributed by atoms with Gasteiger partial charge in [0.1, 0.15) is 0 Å². The molecule has 0 heterocycles. The first kappa shape index (κ1) is 19.7. The van der Waals surface area contributed by atoms with Gasteiger partial charge in [0.25, 0.3) is 0 Å². The third-order valence-electron chi connectivity index (χ3n) is 4.86. The molecule has 0 radical (unpaired) electrons. The Balaban J connectivity index is 2.61. The maximum Gasteiger partial charge on any atom is 0.332 e. The molecule has 1 fully saturated rings. The van der Waals surface area contributed by atoms with Crippen LogP contribution in [-0.2, 0) is 9.59 Å². The summed E-state index contributed by atoms with van der Waals surface area (Å²) in [6.45, 7) is 2.18. The Hall–Kier alpha value is -1.32. The van der Waals surface area contributed by atoms with E-state index < -0.39 is 11.9 Å². The minimum atomic E-state index is -1.04. The van der Waals surface area contributed by atoms with Crippen molar-refractivity contribution < 1.29 is 19.8 Å². The molecule has 0 aromatic carbocycles. The van der Waals surface area contributed by atoms with Crippen LogP contribution in [0.25, 0.3) is 0 Å². The molecule has 0 aliphatic heterocycles. The third kappa shape index (κ3) is 7.19. The first-order valence-electron chi connectivity index (χ1n) is 9.27. The molecule has 0 aromatic rings. The number of unbranched alkanes of at least 4 members (excludes halogenated alkanes) is 6. The zero-order chi connectivity index (χ0) is 17.1. The van der Waals surface area contributed by atoms with Crippen molar-refractivity contribution in [2.75, 3.05) is 0 Å². The lowest BCUT2D eigenvalue weighted by molar-refractivity contribution is -0.136. The molecule has 132 valence electrons. The van der Waals surface area contributed by atoms with Crippen LogP contribution in [0, 0.1) is 5.92 Å². The Labute approximate surface area is 140 Å². The fourth-order valence-electron chi connectivity index (χ4n) is 3.56. The predicted octanol–water partition coefficient (Wildman–Crippen LogP) is 5.17. The summed E-state index contributed by atoms with van der Waals surface area (Å²) in [5.41, 5.74) is 0.334. The van der Waals surface area contributed by atoms with Crippen LogP contribution >= 0.6 is 0 Å². The average molecular weight is 324 g/mol. The van der Waals surface area contributed by atoms with E-state index in [1.807, 2.05) is 0 Å². The molecule has 1 saturated carbocycles. The fourth-order valence-corrected chi connectivity index (χ4v) is 3.56. The first-order valence-corrected chi connectivity index (χ1v) is 9.27. The van der Waals surface area contributed by atoms with Crippen LogP contribution in [0.15, 0.2) is 11.1 Å². The van der Waals surface area contributed by atoms with Gasteiger partial charge in [-0.2, -0.15) is 0 Å². The van der Waals surface area contributed by atoms with Crippen LogP contribution in [-0.4, -0.2) is 22.2 Å². The first-order chi connectivity index (χ1) is 11.1. The second-order valence-electron chi connectivity index (χ2n) is 6.71. The zero-order valence-electron chi connectivity index (χ0n) is 14.5. The van der Waals surface area contributed by atoms with Gasteiger partial charge >= 0.3 is 11.9 Å². The Morgan fingerprint density at radius 1 is 0.826 bits per heavy atom. The molecule has 0 spiro atoms. The zero-order valence-corrected chi connectivity index (χ0v) is 14.5. The molecule has 4 nitrogen and oxygen atoms in total. The van der Waals surface area contributed by atoms with E-state index >= 15 is 0 Å². The minimum absolute atomic E-state index is 0.0723.